The number of sulfonamides is 1. The number of aryl methyl sites for hydroxylation is 1. The molecule has 3 aromatic rings. The van der Waals surface area contributed by atoms with Crippen LogP contribution in [-0.2, 0) is 21.2 Å². The maximum atomic E-state index is 14.7. The molecular weight excluding hydrogens is 471 g/mol. The highest BCUT2D eigenvalue weighted by Gasteiger charge is 2.41. The van der Waals surface area contributed by atoms with Crippen molar-refractivity contribution in [3.8, 4) is 11.5 Å². The van der Waals surface area contributed by atoms with Crippen molar-refractivity contribution >= 4 is 27.7 Å². The van der Waals surface area contributed by atoms with Crippen LogP contribution in [0.2, 0.25) is 5.02 Å². The number of halogens is 2. The van der Waals surface area contributed by atoms with Crippen molar-refractivity contribution in [3.05, 3.63) is 88.2 Å². The van der Waals surface area contributed by atoms with E-state index in [-0.39, 0.29) is 23.4 Å². The van der Waals surface area contributed by atoms with E-state index in [0.29, 0.717) is 22.1 Å². The molecule has 3 aromatic carbocycles. The predicted molar refractivity (Wildman–Crippen MR) is 120 cm³/mol. The first-order valence-electron chi connectivity index (χ1n) is 9.96. The number of ether oxygens (including phenoxy) is 2. The summed E-state index contributed by atoms with van der Waals surface area (Å²) in [5.74, 6) is 0.267. The number of carbonyl (C=O) groups excluding carboxylic acids is 1. The zero-order valence-corrected chi connectivity index (χ0v) is 19.1. The third-order valence-electron chi connectivity index (χ3n) is 5.34. The molecule has 1 amide bonds. The molecule has 0 radical (unpaired) electrons. The molecule has 1 heterocycles. The smallest absolute Gasteiger partial charge is 0.406 e. The molecule has 10 heteroatoms. The molecule has 4 rings (SSSR count). The Kier molecular flexibility index (Phi) is 6.29. The number of benzene rings is 3. The molecule has 1 unspecified atom stereocenters. The number of hydrogen-bond donors (Lipinski definition) is 1. The molecule has 0 saturated carbocycles. The Morgan fingerprint density at radius 1 is 1.06 bits per heavy atom. The Morgan fingerprint density at radius 2 is 1.67 bits per heavy atom. The summed E-state index contributed by atoms with van der Waals surface area (Å²) < 4.78 is 53.3. The van der Waals surface area contributed by atoms with Gasteiger partial charge in [0.15, 0.2) is 6.23 Å². The summed E-state index contributed by atoms with van der Waals surface area (Å²) >= 11 is 5.86. The van der Waals surface area contributed by atoms with Crippen LogP contribution in [0.15, 0.2) is 65.6 Å². The molecule has 0 saturated heterocycles. The summed E-state index contributed by atoms with van der Waals surface area (Å²) in [6.45, 7) is 1.77. The molecule has 2 N–H and O–H groups in total. The highest BCUT2D eigenvalue weighted by Crippen LogP contribution is 2.38. The van der Waals surface area contributed by atoms with Crippen LogP contribution < -0.4 is 10.5 Å². The zero-order valence-electron chi connectivity index (χ0n) is 17.5. The van der Waals surface area contributed by atoms with Gasteiger partial charge in [-0.3, -0.25) is 0 Å². The fourth-order valence-electron chi connectivity index (χ4n) is 3.75. The number of nitrogens with two attached hydrogens (primary N) is 1. The first-order valence-corrected chi connectivity index (χ1v) is 11.8. The summed E-state index contributed by atoms with van der Waals surface area (Å²) in [4.78, 5) is 11.5. The van der Waals surface area contributed by atoms with Gasteiger partial charge in [0, 0.05) is 17.1 Å². The second-order valence-corrected chi connectivity index (χ2v) is 9.77. The van der Waals surface area contributed by atoms with Crippen molar-refractivity contribution in [1.82, 2.24) is 4.31 Å². The Bertz CT molecular complexity index is 1300. The van der Waals surface area contributed by atoms with E-state index < -0.39 is 28.2 Å². The van der Waals surface area contributed by atoms with E-state index in [1.807, 2.05) is 0 Å². The second-order valence-electron chi connectivity index (χ2n) is 7.44. The van der Waals surface area contributed by atoms with E-state index in [1.54, 1.807) is 37.3 Å². The van der Waals surface area contributed by atoms with Crippen LogP contribution in [0, 0.1) is 12.7 Å². The SMILES string of the molecule is Cc1ccc(F)c2c1CCN(S(=O)(=O)c1ccc(Oc3ccc(Cl)cc3)cc1)C2OC(N)=O. The minimum Gasteiger partial charge on any atom is -0.457 e. The minimum atomic E-state index is -4.16. The van der Waals surface area contributed by atoms with E-state index >= 15 is 0 Å². The highest BCUT2D eigenvalue weighted by atomic mass is 35.5. The van der Waals surface area contributed by atoms with Gasteiger partial charge in [0.25, 0.3) is 0 Å². The van der Waals surface area contributed by atoms with E-state index in [2.05, 4.69) is 0 Å². The molecular formula is C23H20ClFN2O5S. The first-order chi connectivity index (χ1) is 15.7. The number of carbonyl (C=O) groups is 1. The van der Waals surface area contributed by atoms with E-state index in [0.717, 1.165) is 9.87 Å². The lowest BCUT2D eigenvalue weighted by molar-refractivity contribution is 0.0268. The lowest BCUT2D eigenvalue weighted by atomic mass is 9.94. The van der Waals surface area contributed by atoms with Crippen molar-refractivity contribution in [1.29, 1.82) is 0 Å². The third-order valence-corrected chi connectivity index (χ3v) is 7.45. The van der Waals surface area contributed by atoms with Crippen molar-refractivity contribution in [3.63, 3.8) is 0 Å². The van der Waals surface area contributed by atoms with E-state index in [1.165, 1.54) is 30.3 Å². The molecule has 1 aliphatic heterocycles. The van der Waals surface area contributed by atoms with E-state index in [9.17, 15) is 17.6 Å². The number of hydrogen-bond acceptors (Lipinski definition) is 5. The molecule has 172 valence electrons. The standard InChI is InChI=1S/C23H20ClFN2O5S/c1-14-2-11-20(25)21-19(14)12-13-27(22(21)32-23(26)28)33(29,30)18-9-7-17(8-10-18)31-16-5-3-15(24)4-6-16/h2-11,22H,12-13H2,1H3,(H2,26,28). The molecule has 0 aromatic heterocycles. The maximum absolute atomic E-state index is 14.7. The van der Waals surface area contributed by atoms with Gasteiger partial charge in [0.05, 0.1) is 4.90 Å². The van der Waals surface area contributed by atoms with Crippen molar-refractivity contribution in [2.75, 3.05) is 6.54 Å². The monoisotopic (exact) mass is 490 g/mol. The Labute approximate surface area is 195 Å². The molecule has 0 fully saturated rings. The van der Waals surface area contributed by atoms with Crippen LogP contribution in [0.1, 0.15) is 22.9 Å². The summed E-state index contributed by atoms with van der Waals surface area (Å²) in [6.07, 6.45) is -2.46. The molecule has 0 bridgehead atoms. The van der Waals surface area contributed by atoms with Crippen LogP contribution in [0.3, 0.4) is 0 Å². The highest BCUT2D eigenvalue weighted by molar-refractivity contribution is 7.89. The molecule has 1 aliphatic rings. The lowest BCUT2D eigenvalue weighted by Crippen LogP contribution is -2.43. The number of primary amides is 1. The van der Waals surface area contributed by atoms with Gasteiger partial charge in [0.2, 0.25) is 10.0 Å². The summed E-state index contributed by atoms with van der Waals surface area (Å²) in [7, 11) is -4.16. The van der Waals surface area contributed by atoms with Crippen LogP contribution in [0.25, 0.3) is 0 Å². The van der Waals surface area contributed by atoms with Crippen molar-refractivity contribution < 1.29 is 27.1 Å². The maximum Gasteiger partial charge on any atom is 0.406 e. The molecule has 0 aliphatic carbocycles. The lowest BCUT2D eigenvalue weighted by Gasteiger charge is -2.35. The quantitative estimate of drug-likeness (QED) is 0.547. The number of nitrogens with zero attached hydrogens (tertiary/aromatic N) is 1. The van der Waals surface area contributed by atoms with Gasteiger partial charge in [0.1, 0.15) is 17.3 Å². The molecule has 1 atom stereocenters. The molecule has 0 spiro atoms. The zero-order chi connectivity index (χ0) is 23.8. The van der Waals surface area contributed by atoms with Gasteiger partial charge in [-0.05, 0) is 79.1 Å². The fourth-order valence-corrected chi connectivity index (χ4v) is 5.36. The second kappa shape index (κ2) is 9.01. The minimum absolute atomic E-state index is 0.00804. The number of amides is 1. The van der Waals surface area contributed by atoms with Gasteiger partial charge < -0.3 is 15.2 Å². The van der Waals surface area contributed by atoms with Gasteiger partial charge in [-0.15, -0.1) is 0 Å². The normalized spacial score (nSPS) is 16.2. The van der Waals surface area contributed by atoms with E-state index in [4.69, 9.17) is 26.8 Å². The summed E-state index contributed by atoms with van der Waals surface area (Å²) in [5, 5.41) is 0.561. The predicted octanol–water partition coefficient (Wildman–Crippen LogP) is 4.92. The Balaban J connectivity index is 1.65. The fraction of sp³-hybridized carbons (Fsp3) is 0.174. The van der Waals surface area contributed by atoms with Crippen molar-refractivity contribution in [2.45, 2.75) is 24.5 Å². The summed E-state index contributed by atoms with van der Waals surface area (Å²) in [6, 6.07) is 15.2. The van der Waals surface area contributed by atoms with Gasteiger partial charge >= 0.3 is 6.09 Å². The van der Waals surface area contributed by atoms with Gasteiger partial charge in [-0.1, -0.05) is 17.7 Å². The van der Waals surface area contributed by atoms with Gasteiger partial charge in [-0.2, -0.15) is 4.31 Å². The third kappa shape index (κ3) is 4.66. The largest absolute Gasteiger partial charge is 0.457 e. The molecule has 33 heavy (non-hydrogen) atoms. The Morgan fingerprint density at radius 3 is 2.27 bits per heavy atom. The average molecular weight is 491 g/mol. The molecule has 7 nitrogen and oxygen atoms in total. The Hall–Kier alpha value is -3.14. The topological polar surface area (TPSA) is 98.9 Å². The van der Waals surface area contributed by atoms with Crippen LogP contribution >= 0.6 is 11.6 Å². The first kappa shape index (κ1) is 23.0. The van der Waals surface area contributed by atoms with Crippen LogP contribution in [-0.4, -0.2) is 25.4 Å². The van der Waals surface area contributed by atoms with Gasteiger partial charge in [-0.25, -0.2) is 17.6 Å². The number of rotatable bonds is 5. The summed E-state index contributed by atoms with van der Waals surface area (Å²) in [5.41, 5.74) is 6.54. The van der Waals surface area contributed by atoms with Crippen LogP contribution in [0.4, 0.5) is 9.18 Å². The van der Waals surface area contributed by atoms with Crippen molar-refractivity contribution in [2.24, 2.45) is 5.73 Å². The number of fused-ring (bicyclic) bond motifs is 1. The van der Waals surface area contributed by atoms with Crippen LogP contribution in [0.5, 0.6) is 11.5 Å². The average Bonchev–Trinajstić information content (AvgIpc) is 2.78.